The van der Waals surface area contributed by atoms with E-state index in [0.29, 0.717) is 37.2 Å². The topological polar surface area (TPSA) is 80.4 Å². The molecule has 1 N–H and O–H groups in total. The second-order valence-electron chi connectivity index (χ2n) is 6.84. The molecule has 7 heteroatoms. The number of hydrogen-bond donors (Lipinski definition) is 1. The first-order valence-corrected chi connectivity index (χ1v) is 8.85. The van der Waals surface area contributed by atoms with Gasteiger partial charge in [0.05, 0.1) is 12.5 Å². The third-order valence-corrected chi connectivity index (χ3v) is 4.75. The molecule has 1 unspecified atom stereocenters. The van der Waals surface area contributed by atoms with Crippen molar-refractivity contribution in [1.82, 2.24) is 20.0 Å². The van der Waals surface area contributed by atoms with Crippen LogP contribution < -0.4 is 5.32 Å². The number of aromatic nitrogens is 2. The summed E-state index contributed by atoms with van der Waals surface area (Å²) in [5, 5.41) is 7.17. The van der Waals surface area contributed by atoms with Crippen molar-refractivity contribution in [2.24, 2.45) is 5.92 Å². The minimum Gasteiger partial charge on any atom is -0.454 e. The molecule has 1 saturated carbocycles. The fourth-order valence-electron chi connectivity index (χ4n) is 3.21. The molecule has 2 amide bonds. The summed E-state index contributed by atoms with van der Waals surface area (Å²) in [5.41, 5.74) is 0. The van der Waals surface area contributed by atoms with E-state index in [4.69, 9.17) is 4.42 Å². The minimum atomic E-state index is -0.143. The average Bonchev–Trinajstić information content (AvgIpc) is 3.10. The Morgan fingerprint density at radius 3 is 2.92 bits per heavy atom. The average molecular weight is 342 g/mol. The molecule has 0 radical (unpaired) electrons. The normalized spacial score (nSPS) is 20.5. The molecule has 1 atom stereocenters. The Morgan fingerprint density at radius 2 is 2.16 bits per heavy atom. The van der Waals surface area contributed by atoms with E-state index in [0.717, 1.165) is 25.7 Å². The number of rotatable bonds is 5. The maximum Gasteiger partial charge on any atom is 0.289 e. The minimum absolute atomic E-state index is 0.0822. The van der Waals surface area contributed by atoms with Crippen LogP contribution in [0.1, 0.15) is 42.0 Å². The van der Waals surface area contributed by atoms with Gasteiger partial charge in [-0.1, -0.05) is 0 Å². The Hall–Kier alpha value is -2.57. The second-order valence-corrected chi connectivity index (χ2v) is 6.84. The Morgan fingerprint density at radius 1 is 1.28 bits per heavy atom. The quantitative estimate of drug-likeness (QED) is 0.896. The summed E-state index contributed by atoms with van der Waals surface area (Å²) in [6.07, 6.45) is 7.38. The molecule has 3 heterocycles. The summed E-state index contributed by atoms with van der Waals surface area (Å²) in [5.74, 6) is 0.837. The van der Waals surface area contributed by atoms with E-state index in [1.54, 1.807) is 27.9 Å². The van der Waals surface area contributed by atoms with Crippen LogP contribution >= 0.6 is 0 Å². The van der Waals surface area contributed by atoms with Crippen molar-refractivity contribution < 1.29 is 14.0 Å². The zero-order valence-corrected chi connectivity index (χ0v) is 14.1. The maximum absolute atomic E-state index is 12.7. The van der Waals surface area contributed by atoms with Crippen LogP contribution in [-0.2, 0) is 11.3 Å². The standard InChI is InChI=1S/C18H22N4O3/c23-17(20-14-4-5-14)13-3-1-9-21(11-13)18(24)16-7-6-15(25-16)12-22-10-2-8-19-22/h2,6-8,10,13-14H,1,3-5,9,11-12H2,(H,20,23). The summed E-state index contributed by atoms with van der Waals surface area (Å²) in [4.78, 5) is 26.7. The van der Waals surface area contributed by atoms with Crippen LogP contribution in [0, 0.1) is 5.92 Å². The van der Waals surface area contributed by atoms with E-state index < -0.39 is 0 Å². The molecule has 2 fully saturated rings. The second kappa shape index (κ2) is 6.74. The SMILES string of the molecule is O=C(NC1CC1)C1CCCN(C(=O)c2ccc(Cn3cccn3)o2)C1. The van der Waals surface area contributed by atoms with E-state index >= 15 is 0 Å². The van der Waals surface area contributed by atoms with Gasteiger partial charge in [-0.15, -0.1) is 0 Å². The Balaban J connectivity index is 1.38. The highest BCUT2D eigenvalue weighted by Crippen LogP contribution is 2.23. The van der Waals surface area contributed by atoms with Crippen LogP contribution in [0.2, 0.25) is 0 Å². The predicted molar refractivity (Wildman–Crippen MR) is 89.8 cm³/mol. The van der Waals surface area contributed by atoms with Gasteiger partial charge in [0.15, 0.2) is 5.76 Å². The lowest BCUT2D eigenvalue weighted by Crippen LogP contribution is -2.45. The van der Waals surface area contributed by atoms with Crippen LogP contribution in [0.5, 0.6) is 0 Å². The molecule has 1 saturated heterocycles. The fraction of sp³-hybridized carbons (Fsp3) is 0.500. The van der Waals surface area contributed by atoms with Gasteiger partial charge in [0.1, 0.15) is 5.76 Å². The van der Waals surface area contributed by atoms with Gasteiger partial charge in [0.2, 0.25) is 5.91 Å². The van der Waals surface area contributed by atoms with Gasteiger partial charge in [-0.3, -0.25) is 14.3 Å². The molecule has 0 bridgehead atoms. The highest BCUT2D eigenvalue weighted by Gasteiger charge is 2.32. The summed E-state index contributed by atoms with van der Waals surface area (Å²) in [6, 6.07) is 5.70. The number of amides is 2. The number of piperidine rings is 1. The molecule has 4 rings (SSSR count). The van der Waals surface area contributed by atoms with Crippen molar-refractivity contribution >= 4 is 11.8 Å². The summed E-state index contributed by atoms with van der Waals surface area (Å²) in [7, 11) is 0. The number of hydrogen-bond acceptors (Lipinski definition) is 4. The summed E-state index contributed by atoms with van der Waals surface area (Å²) in [6.45, 7) is 1.63. The molecule has 7 nitrogen and oxygen atoms in total. The van der Waals surface area contributed by atoms with Crippen molar-refractivity contribution in [3.05, 3.63) is 42.1 Å². The zero-order valence-electron chi connectivity index (χ0n) is 14.1. The molecule has 132 valence electrons. The molecule has 25 heavy (non-hydrogen) atoms. The lowest BCUT2D eigenvalue weighted by molar-refractivity contribution is -0.126. The highest BCUT2D eigenvalue weighted by molar-refractivity contribution is 5.92. The Kier molecular flexibility index (Phi) is 4.29. The first-order chi connectivity index (χ1) is 12.2. The van der Waals surface area contributed by atoms with Crippen LogP contribution in [0.3, 0.4) is 0 Å². The van der Waals surface area contributed by atoms with Crippen molar-refractivity contribution in [1.29, 1.82) is 0 Å². The van der Waals surface area contributed by atoms with Crippen molar-refractivity contribution in [3.63, 3.8) is 0 Å². The van der Waals surface area contributed by atoms with Crippen LogP contribution in [-0.4, -0.2) is 45.6 Å². The molecule has 1 aliphatic carbocycles. The van der Waals surface area contributed by atoms with Crippen LogP contribution in [0.15, 0.2) is 35.0 Å². The summed E-state index contributed by atoms with van der Waals surface area (Å²) < 4.78 is 7.43. The van der Waals surface area contributed by atoms with Gasteiger partial charge < -0.3 is 14.6 Å². The third kappa shape index (κ3) is 3.75. The highest BCUT2D eigenvalue weighted by atomic mass is 16.4. The van der Waals surface area contributed by atoms with Gasteiger partial charge >= 0.3 is 0 Å². The van der Waals surface area contributed by atoms with Crippen molar-refractivity contribution in [3.8, 4) is 0 Å². The van der Waals surface area contributed by atoms with Gasteiger partial charge in [-0.25, -0.2) is 0 Å². The monoisotopic (exact) mass is 342 g/mol. The third-order valence-electron chi connectivity index (χ3n) is 4.75. The zero-order chi connectivity index (χ0) is 17.2. The number of nitrogens with zero attached hydrogens (tertiary/aromatic N) is 3. The Labute approximate surface area is 146 Å². The van der Waals surface area contributed by atoms with Crippen molar-refractivity contribution in [2.75, 3.05) is 13.1 Å². The maximum atomic E-state index is 12.7. The lowest BCUT2D eigenvalue weighted by Gasteiger charge is -2.31. The van der Waals surface area contributed by atoms with E-state index in [2.05, 4.69) is 10.4 Å². The molecule has 2 aromatic rings. The number of carbonyl (C=O) groups excluding carboxylic acids is 2. The molecule has 0 spiro atoms. The fourth-order valence-corrected chi connectivity index (χ4v) is 3.21. The number of furan rings is 1. The van der Waals surface area contributed by atoms with E-state index in [1.165, 1.54) is 0 Å². The number of carbonyl (C=O) groups is 2. The predicted octanol–water partition coefficient (Wildman–Crippen LogP) is 1.66. The van der Waals surface area contributed by atoms with Crippen molar-refractivity contribution in [2.45, 2.75) is 38.3 Å². The molecule has 1 aliphatic heterocycles. The first kappa shape index (κ1) is 15.9. The van der Waals surface area contributed by atoms with E-state index in [9.17, 15) is 9.59 Å². The molecule has 2 aliphatic rings. The number of nitrogens with one attached hydrogen (secondary N) is 1. The van der Waals surface area contributed by atoms with Gasteiger partial charge in [-0.2, -0.15) is 5.10 Å². The smallest absolute Gasteiger partial charge is 0.289 e. The number of likely N-dealkylation sites (tertiary alicyclic amines) is 1. The van der Waals surface area contributed by atoms with Gasteiger partial charge in [0.25, 0.3) is 5.91 Å². The Bertz CT molecular complexity index is 748. The summed E-state index contributed by atoms with van der Waals surface area (Å²) >= 11 is 0. The van der Waals surface area contributed by atoms with Crippen LogP contribution in [0.4, 0.5) is 0 Å². The molecular formula is C18H22N4O3. The van der Waals surface area contributed by atoms with Gasteiger partial charge in [-0.05, 0) is 43.9 Å². The van der Waals surface area contributed by atoms with Crippen LogP contribution in [0.25, 0.3) is 0 Å². The molecule has 2 aromatic heterocycles. The van der Waals surface area contributed by atoms with Gasteiger partial charge in [0, 0.05) is 31.5 Å². The molecular weight excluding hydrogens is 320 g/mol. The largest absolute Gasteiger partial charge is 0.454 e. The molecule has 0 aromatic carbocycles. The van der Waals surface area contributed by atoms with E-state index in [-0.39, 0.29) is 17.7 Å². The first-order valence-electron chi connectivity index (χ1n) is 8.85. The van der Waals surface area contributed by atoms with E-state index in [1.807, 2.05) is 12.3 Å². The lowest BCUT2D eigenvalue weighted by atomic mass is 9.97.